The highest BCUT2D eigenvalue weighted by molar-refractivity contribution is 7.09. The van der Waals surface area contributed by atoms with Gasteiger partial charge in [0.05, 0.1) is 6.10 Å². The Labute approximate surface area is 117 Å². The predicted molar refractivity (Wildman–Crippen MR) is 76.6 cm³/mol. The first-order valence-corrected chi connectivity index (χ1v) is 7.13. The second kappa shape index (κ2) is 6.47. The van der Waals surface area contributed by atoms with Gasteiger partial charge in [0.1, 0.15) is 5.82 Å². The minimum absolute atomic E-state index is 0.113. The van der Waals surface area contributed by atoms with Crippen LogP contribution in [0.5, 0.6) is 5.88 Å². The van der Waals surface area contributed by atoms with E-state index in [-0.39, 0.29) is 6.10 Å². The highest BCUT2D eigenvalue weighted by atomic mass is 32.1. The van der Waals surface area contributed by atoms with E-state index in [1.54, 1.807) is 6.20 Å². The van der Waals surface area contributed by atoms with Gasteiger partial charge in [-0.1, -0.05) is 13.0 Å². The van der Waals surface area contributed by atoms with Crippen molar-refractivity contribution in [3.63, 3.8) is 0 Å². The molecule has 2 rings (SSSR count). The lowest BCUT2D eigenvalue weighted by atomic mass is 10.2. The normalized spacial score (nSPS) is 10.7. The summed E-state index contributed by atoms with van der Waals surface area (Å²) in [5, 5.41) is 4.08. The Kier molecular flexibility index (Phi) is 4.68. The first-order valence-electron chi connectivity index (χ1n) is 6.36. The van der Waals surface area contributed by atoms with Gasteiger partial charge in [0, 0.05) is 36.3 Å². The van der Waals surface area contributed by atoms with Crippen molar-refractivity contribution < 1.29 is 4.74 Å². The number of ether oxygens (including phenoxy) is 1. The average Bonchev–Trinajstić information content (AvgIpc) is 2.85. The molecule has 0 saturated carbocycles. The molecule has 2 heterocycles. The van der Waals surface area contributed by atoms with Gasteiger partial charge in [0.15, 0.2) is 0 Å². The van der Waals surface area contributed by atoms with Gasteiger partial charge >= 0.3 is 0 Å². The van der Waals surface area contributed by atoms with E-state index in [1.165, 1.54) is 11.5 Å². The zero-order valence-electron chi connectivity index (χ0n) is 11.4. The summed E-state index contributed by atoms with van der Waals surface area (Å²) in [5.41, 5.74) is 1.02. The smallest absolute Gasteiger partial charge is 0.218 e. The molecule has 19 heavy (non-hydrogen) atoms. The summed E-state index contributed by atoms with van der Waals surface area (Å²) in [5.74, 6) is 1.54. The molecule has 0 amide bonds. The van der Waals surface area contributed by atoms with Crippen LogP contribution in [-0.4, -0.2) is 20.4 Å². The van der Waals surface area contributed by atoms with Gasteiger partial charge in [-0.3, -0.25) is 0 Å². The molecule has 0 unspecified atom stereocenters. The molecule has 0 aliphatic rings. The maximum atomic E-state index is 5.68. The van der Waals surface area contributed by atoms with Crippen molar-refractivity contribution in [2.75, 3.05) is 5.32 Å². The van der Waals surface area contributed by atoms with Gasteiger partial charge in [-0.2, -0.15) is 4.37 Å². The third kappa shape index (κ3) is 3.89. The van der Waals surface area contributed by atoms with E-state index >= 15 is 0 Å². The van der Waals surface area contributed by atoms with E-state index in [0.717, 1.165) is 22.9 Å². The summed E-state index contributed by atoms with van der Waals surface area (Å²) in [6.07, 6.45) is 2.70. The van der Waals surface area contributed by atoms with Crippen LogP contribution < -0.4 is 10.1 Å². The largest absolute Gasteiger partial charge is 0.475 e. The lowest BCUT2D eigenvalue weighted by Gasteiger charge is -2.12. The summed E-state index contributed by atoms with van der Waals surface area (Å²) < 4.78 is 9.92. The standard InChI is InChI=1S/C13H18N4OS/c1-4-11-16-13(19-17-11)15-8-10-6-5-7-14-12(10)18-9(2)3/h5-7,9H,4,8H2,1-3H3,(H,15,16,17). The molecule has 0 aromatic carbocycles. The predicted octanol–water partition coefficient (Wildman–Crippen LogP) is 2.89. The van der Waals surface area contributed by atoms with Crippen molar-refractivity contribution in [1.82, 2.24) is 14.3 Å². The van der Waals surface area contributed by atoms with E-state index in [1.807, 2.05) is 32.9 Å². The van der Waals surface area contributed by atoms with Crippen molar-refractivity contribution >= 4 is 16.7 Å². The topological polar surface area (TPSA) is 59.9 Å². The number of pyridine rings is 1. The van der Waals surface area contributed by atoms with Crippen LogP contribution >= 0.6 is 11.5 Å². The Hall–Kier alpha value is -1.69. The van der Waals surface area contributed by atoms with Crippen LogP contribution in [0, 0.1) is 0 Å². The molecule has 2 aromatic heterocycles. The minimum atomic E-state index is 0.113. The fraction of sp³-hybridized carbons (Fsp3) is 0.462. The Morgan fingerprint density at radius 1 is 1.42 bits per heavy atom. The van der Waals surface area contributed by atoms with Crippen LogP contribution in [0.3, 0.4) is 0 Å². The maximum absolute atomic E-state index is 5.68. The first-order chi connectivity index (χ1) is 9.19. The molecule has 0 bridgehead atoms. The van der Waals surface area contributed by atoms with Gasteiger partial charge in [-0.05, 0) is 19.9 Å². The monoisotopic (exact) mass is 278 g/mol. The number of hydrogen-bond donors (Lipinski definition) is 1. The molecule has 0 spiro atoms. The second-order valence-electron chi connectivity index (χ2n) is 4.36. The van der Waals surface area contributed by atoms with Gasteiger partial charge in [-0.15, -0.1) is 0 Å². The van der Waals surface area contributed by atoms with E-state index in [2.05, 4.69) is 19.7 Å². The maximum Gasteiger partial charge on any atom is 0.218 e. The van der Waals surface area contributed by atoms with Crippen molar-refractivity contribution in [3.05, 3.63) is 29.7 Å². The van der Waals surface area contributed by atoms with E-state index < -0.39 is 0 Å². The fourth-order valence-corrected chi connectivity index (χ4v) is 2.17. The molecule has 0 aliphatic carbocycles. The van der Waals surface area contributed by atoms with E-state index in [4.69, 9.17) is 4.74 Å². The number of rotatable bonds is 6. The number of anilines is 1. The van der Waals surface area contributed by atoms with Crippen LogP contribution in [0.15, 0.2) is 18.3 Å². The Morgan fingerprint density at radius 2 is 2.26 bits per heavy atom. The van der Waals surface area contributed by atoms with Crippen LogP contribution in [0.1, 0.15) is 32.2 Å². The minimum Gasteiger partial charge on any atom is -0.475 e. The van der Waals surface area contributed by atoms with Gasteiger partial charge in [0.2, 0.25) is 11.0 Å². The third-order valence-electron chi connectivity index (χ3n) is 2.41. The fourth-order valence-electron chi connectivity index (χ4n) is 1.53. The zero-order chi connectivity index (χ0) is 13.7. The highest BCUT2D eigenvalue weighted by Gasteiger charge is 2.08. The molecule has 0 radical (unpaired) electrons. The molecular formula is C13H18N4OS. The SMILES string of the molecule is CCc1nsc(NCc2cccnc2OC(C)C)n1. The number of hydrogen-bond acceptors (Lipinski definition) is 6. The van der Waals surface area contributed by atoms with Gasteiger partial charge < -0.3 is 10.1 Å². The van der Waals surface area contributed by atoms with Gasteiger partial charge in [0.25, 0.3) is 0 Å². The van der Waals surface area contributed by atoms with Crippen LogP contribution in [0.25, 0.3) is 0 Å². The number of aryl methyl sites for hydroxylation is 1. The molecule has 0 aliphatic heterocycles. The Balaban J connectivity index is 2.02. The van der Waals surface area contributed by atoms with E-state index in [9.17, 15) is 0 Å². The summed E-state index contributed by atoms with van der Waals surface area (Å²) in [6, 6.07) is 3.90. The zero-order valence-corrected chi connectivity index (χ0v) is 12.2. The van der Waals surface area contributed by atoms with Gasteiger partial charge in [-0.25, -0.2) is 9.97 Å². The van der Waals surface area contributed by atoms with Crippen molar-refractivity contribution in [3.8, 4) is 5.88 Å². The Morgan fingerprint density at radius 3 is 2.95 bits per heavy atom. The van der Waals surface area contributed by atoms with E-state index in [0.29, 0.717) is 12.4 Å². The molecule has 5 nitrogen and oxygen atoms in total. The van der Waals surface area contributed by atoms with Crippen LogP contribution in [-0.2, 0) is 13.0 Å². The second-order valence-corrected chi connectivity index (χ2v) is 5.11. The number of nitrogens with zero attached hydrogens (tertiary/aromatic N) is 3. The summed E-state index contributed by atoms with van der Waals surface area (Å²) in [7, 11) is 0. The molecule has 2 aromatic rings. The molecule has 0 atom stereocenters. The Bertz CT molecular complexity index is 527. The highest BCUT2D eigenvalue weighted by Crippen LogP contribution is 2.18. The lowest BCUT2D eigenvalue weighted by Crippen LogP contribution is -2.10. The van der Waals surface area contributed by atoms with Crippen LogP contribution in [0.2, 0.25) is 0 Å². The molecule has 0 fully saturated rings. The summed E-state index contributed by atoms with van der Waals surface area (Å²) in [6.45, 7) is 6.66. The molecule has 102 valence electrons. The average molecular weight is 278 g/mol. The van der Waals surface area contributed by atoms with Crippen LogP contribution in [0.4, 0.5) is 5.13 Å². The number of nitrogens with one attached hydrogen (secondary N) is 1. The molecule has 0 saturated heterocycles. The first kappa shape index (κ1) is 13.7. The lowest BCUT2D eigenvalue weighted by molar-refractivity contribution is 0.230. The molecule has 1 N–H and O–H groups in total. The third-order valence-corrected chi connectivity index (χ3v) is 3.12. The molecule has 6 heteroatoms. The van der Waals surface area contributed by atoms with Crippen molar-refractivity contribution in [2.45, 2.75) is 39.8 Å². The van der Waals surface area contributed by atoms with Crippen molar-refractivity contribution in [1.29, 1.82) is 0 Å². The van der Waals surface area contributed by atoms with Crippen molar-refractivity contribution in [2.24, 2.45) is 0 Å². The quantitative estimate of drug-likeness (QED) is 0.880. The number of aromatic nitrogens is 3. The molecular weight excluding hydrogens is 260 g/mol. The summed E-state index contributed by atoms with van der Waals surface area (Å²) >= 11 is 1.38. The summed E-state index contributed by atoms with van der Waals surface area (Å²) in [4.78, 5) is 8.63.